The van der Waals surface area contributed by atoms with Gasteiger partial charge in [0.25, 0.3) is 6.02 Å². The summed E-state index contributed by atoms with van der Waals surface area (Å²) < 4.78 is 5.15. The fourth-order valence-electron chi connectivity index (χ4n) is 1.48. The van der Waals surface area contributed by atoms with E-state index in [9.17, 15) is 0 Å². The molecule has 1 heterocycles. The van der Waals surface area contributed by atoms with Crippen molar-refractivity contribution < 1.29 is 4.74 Å². The minimum atomic E-state index is -0.366. The number of amidine groups is 1. The van der Waals surface area contributed by atoms with Crippen molar-refractivity contribution in [2.45, 2.75) is 12.5 Å². The predicted octanol–water partition coefficient (Wildman–Crippen LogP) is 1.90. The molecule has 1 aromatic carbocycles. The van der Waals surface area contributed by atoms with Crippen LogP contribution in [0.5, 0.6) is 0 Å². The molecule has 0 spiro atoms. The average Bonchev–Trinajstić information content (AvgIpc) is 2.48. The van der Waals surface area contributed by atoms with Crippen LogP contribution in [0, 0.1) is 0 Å². The molecule has 0 fully saturated rings. The van der Waals surface area contributed by atoms with Gasteiger partial charge in [0.1, 0.15) is 12.1 Å². The second-order valence-electron chi connectivity index (χ2n) is 3.52. The summed E-state index contributed by atoms with van der Waals surface area (Å²) in [5, 5.41) is 0.716. The first-order valence-corrected chi connectivity index (χ1v) is 4.72. The number of ether oxygens (including phenoxy) is 1. The van der Waals surface area contributed by atoms with Crippen LogP contribution in [0.4, 0.5) is 0 Å². The number of aliphatic imine (C=N–C) groups is 1. The Morgan fingerprint density at radius 2 is 2.07 bits per heavy atom. The molecule has 14 heavy (non-hydrogen) atoms. The second-order valence-corrected chi connectivity index (χ2v) is 3.96. The maximum Gasteiger partial charge on any atom is 0.283 e. The third-order valence-electron chi connectivity index (χ3n) is 2.32. The van der Waals surface area contributed by atoms with Gasteiger partial charge in [-0.2, -0.15) is 0 Å². The van der Waals surface area contributed by atoms with E-state index in [1.807, 2.05) is 31.2 Å². The van der Waals surface area contributed by atoms with Gasteiger partial charge in [0.05, 0.1) is 0 Å². The van der Waals surface area contributed by atoms with Gasteiger partial charge < -0.3 is 10.5 Å². The van der Waals surface area contributed by atoms with Gasteiger partial charge in [0, 0.05) is 5.02 Å². The normalized spacial score (nSPS) is 25.7. The van der Waals surface area contributed by atoms with E-state index in [1.54, 1.807) is 0 Å². The first kappa shape index (κ1) is 9.34. The van der Waals surface area contributed by atoms with E-state index in [4.69, 9.17) is 22.1 Å². The van der Waals surface area contributed by atoms with Crippen LogP contribution in [0.1, 0.15) is 12.5 Å². The molecule has 0 aromatic heterocycles. The minimum absolute atomic E-state index is 0.252. The summed E-state index contributed by atoms with van der Waals surface area (Å²) in [4.78, 5) is 4.25. The molecule has 4 heteroatoms. The maximum atomic E-state index is 5.80. The molecular weight excluding hydrogens is 200 g/mol. The van der Waals surface area contributed by atoms with E-state index in [1.165, 1.54) is 0 Å². The minimum Gasteiger partial charge on any atom is -0.462 e. The summed E-state index contributed by atoms with van der Waals surface area (Å²) in [6.07, 6.45) is 0. The van der Waals surface area contributed by atoms with Crippen molar-refractivity contribution in [3.63, 3.8) is 0 Å². The van der Waals surface area contributed by atoms with Crippen LogP contribution in [0.3, 0.4) is 0 Å². The van der Waals surface area contributed by atoms with Gasteiger partial charge in [-0.3, -0.25) is 0 Å². The number of nitrogens with two attached hydrogens (primary N) is 1. The van der Waals surface area contributed by atoms with E-state index in [2.05, 4.69) is 4.99 Å². The lowest BCUT2D eigenvalue weighted by Crippen LogP contribution is -2.20. The van der Waals surface area contributed by atoms with Crippen LogP contribution in [0.25, 0.3) is 0 Å². The summed E-state index contributed by atoms with van der Waals surface area (Å²) in [5.41, 5.74) is 6.17. The Morgan fingerprint density at radius 1 is 1.43 bits per heavy atom. The highest BCUT2D eigenvalue weighted by Gasteiger charge is 2.32. The number of rotatable bonds is 1. The Morgan fingerprint density at radius 3 is 2.57 bits per heavy atom. The number of benzene rings is 1. The molecular formula is C10H11ClN2O. The molecule has 1 atom stereocenters. The lowest BCUT2D eigenvalue weighted by molar-refractivity contribution is 0.266. The third-order valence-corrected chi connectivity index (χ3v) is 2.58. The van der Waals surface area contributed by atoms with Gasteiger partial charge in [0.2, 0.25) is 0 Å². The number of halogens is 1. The Bertz CT molecular complexity index is 374. The van der Waals surface area contributed by atoms with Crippen LogP contribution in [0.2, 0.25) is 5.02 Å². The Balaban J connectivity index is 2.35. The lowest BCUT2D eigenvalue weighted by atomic mass is 9.94. The van der Waals surface area contributed by atoms with E-state index in [0.717, 1.165) is 5.56 Å². The molecule has 0 bridgehead atoms. The average molecular weight is 211 g/mol. The number of hydrogen-bond acceptors (Lipinski definition) is 3. The summed E-state index contributed by atoms with van der Waals surface area (Å²) in [6.45, 7) is 2.47. The molecule has 0 saturated carbocycles. The SMILES string of the molecule is CC1(c2ccc(Cl)cc2)COC(N)=N1. The first-order valence-electron chi connectivity index (χ1n) is 4.34. The quantitative estimate of drug-likeness (QED) is 0.770. The van der Waals surface area contributed by atoms with Crippen molar-refractivity contribution in [3.05, 3.63) is 34.9 Å². The number of hydrogen-bond donors (Lipinski definition) is 1. The Labute approximate surface area is 87.5 Å². The third kappa shape index (κ3) is 1.55. The molecule has 0 radical (unpaired) electrons. The molecule has 74 valence electrons. The fraction of sp³-hybridized carbons (Fsp3) is 0.300. The standard InChI is InChI=1S/C10H11ClN2O/c1-10(6-14-9(12)13-10)7-2-4-8(11)5-3-7/h2-5H,6H2,1H3,(H2,12,13). The summed E-state index contributed by atoms with van der Waals surface area (Å²) in [7, 11) is 0. The fourth-order valence-corrected chi connectivity index (χ4v) is 1.61. The molecule has 3 nitrogen and oxygen atoms in total. The van der Waals surface area contributed by atoms with Crippen molar-refractivity contribution in [1.82, 2.24) is 0 Å². The number of nitrogens with zero attached hydrogens (tertiary/aromatic N) is 1. The summed E-state index contributed by atoms with van der Waals surface area (Å²) >= 11 is 5.80. The van der Waals surface area contributed by atoms with E-state index in [0.29, 0.717) is 11.6 Å². The molecule has 0 amide bonds. The predicted molar refractivity (Wildman–Crippen MR) is 56.4 cm³/mol. The van der Waals surface area contributed by atoms with Crippen LogP contribution in [0.15, 0.2) is 29.3 Å². The zero-order valence-electron chi connectivity index (χ0n) is 7.83. The molecule has 0 aliphatic carbocycles. The van der Waals surface area contributed by atoms with Crippen molar-refractivity contribution in [1.29, 1.82) is 0 Å². The van der Waals surface area contributed by atoms with Crippen LogP contribution >= 0.6 is 11.6 Å². The highest BCUT2D eigenvalue weighted by Crippen LogP contribution is 2.30. The van der Waals surface area contributed by atoms with Crippen LogP contribution in [-0.2, 0) is 10.3 Å². The highest BCUT2D eigenvalue weighted by molar-refractivity contribution is 6.30. The summed E-state index contributed by atoms with van der Waals surface area (Å²) in [6, 6.07) is 7.81. The van der Waals surface area contributed by atoms with E-state index < -0.39 is 0 Å². The Hall–Kier alpha value is -1.22. The van der Waals surface area contributed by atoms with E-state index in [-0.39, 0.29) is 11.6 Å². The highest BCUT2D eigenvalue weighted by atomic mass is 35.5. The lowest BCUT2D eigenvalue weighted by Gasteiger charge is -2.18. The first-order chi connectivity index (χ1) is 6.60. The Kier molecular flexibility index (Phi) is 2.11. The van der Waals surface area contributed by atoms with Crippen LogP contribution < -0.4 is 5.73 Å². The van der Waals surface area contributed by atoms with Gasteiger partial charge in [-0.05, 0) is 24.6 Å². The topological polar surface area (TPSA) is 47.6 Å². The molecule has 1 aromatic rings. The molecule has 2 N–H and O–H groups in total. The largest absolute Gasteiger partial charge is 0.462 e. The molecule has 2 rings (SSSR count). The molecule has 1 unspecified atom stereocenters. The van der Waals surface area contributed by atoms with Gasteiger partial charge in [-0.1, -0.05) is 23.7 Å². The molecule has 0 saturated heterocycles. The van der Waals surface area contributed by atoms with Gasteiger partial charge in [-0.15, -0.1) is 0 Å². The van der Waals surface area contributed by atoms with Gasteiger partial charge in [-0.25, -0.2) is 4.99 Å². The zero-order valence-corrected chi connectivity index (χ0v) is 8.58. The van der Waals surface area contributed by atoms with Crippen molar-refractivity contribution in [3.8, 4) is 0 Å². The van der Waals surface area contributed by atoms with E-state index >= 15 is 0 Å². The zero-order chi connectivity index (χ0) is 10.2. The van der Waals surface area contributed by atoms with Crippen molar-refractivity contribution in [2.24, 2.45) is 10.7 Å². The van der Waals surface area contributed by atoms with Crippen molar-refractivity contribution >= 4 is 17.6 Å². The molecule has 1 aliphatic heterocycles. The monoisotopic (exact) mass is 210 g/mol. The van der Waals surface area contributed by atoms with Gasteiger partial charge >= 0.3 is 0 Å². The molecule has 1 aliphatic rings. The van der Waals surface area contributed by atoms with Crippen molar-refractivity contribution in [2.75, 3.05) is 6.61 Å². The second kappa shape index (κ2) is 3.17. The van der Waals surface area contributed by atoms with Gasteiger partial charge in [0.15, 0.2) is 0 Å². The maximum absolute atomic E-state index is 5.80. The van der Waals surface area contributed by atoms with Crippen LogP contribution in [-0.4, -0.2) is 12.6 Å². The smallest absolute Gasteiger partial charge is 0.283 e. The summed E-state index contributed by atoms with van der Waals surface area (Å²) in [5.74, 6) is 0.